The Morgan fingerprint density at radius 1 is 1.26 bits per heavy atom. The molecule has 2 aliphatic rings. The fourth-order valence-corrected chi connectivity index (χ4v) is 4.96. The summed E-state index contributed by atoms with van der Waals surface area (Å²) in [4.78, 5) is 6.67. The molecule has 7 heteroatoms. The van der Waals surface area contributed by atoms with Crippen LogP contribution < -0.4 is 4.90 Å². The Labute approximate surface area is 138 Å². The van der Waals surface area contributed by atoms with Crippen LogP contribution in [-0.4, -0.2) is 61.8 Å². The average Bonchev–Trinajstić information content (AvgIpc) is 2.56. The minimum atomic E-state index is -3.10. The molecule has 0 aromatic carbocycles. The Hall–Kier alpha value is -1.18. The van der Waals surface area contributed by atoms with Crippen LogP contribution in [0.15, 0.2) is 24.4 Å². The van der Waals surface area contributed by atoms with Crippen molar-refractivity contribution in [3.05, 3.63) is 24.4 Å². The third kappa shape index (κ3) is 3.67. The van der Waals surface area contributed by atoms with Crippen molar-refractivity contribution in [3.8, 4) is 0 Å². The molecule has 3 rings (SSSR count). The van der Waals surface area contributed by atoms with Crippen molar-refractivity contribution >= 4 is 15.8 Å². The van der Waals surface area contributed by atoms with Gasteiger partial charge in [-0.3, -0.25) is 0 Å². The SMILES string of the molecule is CCCS(=O)(=O)N1CCC2(CC1)CN(c1ccccn1)CCO2. The summed E-state index contributed by atoms with van der Waals surface area (Å²) in [5.74, 6) is 1.21. The quantitative estimate of drug-likeness (QED) is 0.832. The van der Waals surface area contributed by atoms with Crippen LogP contribution in [0, 0.1) is 0 Å². The smallest absolute Gasteiger partial charge is 0.214 e. The van der Waals surface area contributed by atoms with Crippen molar-refractivity contribution in [2.45, 2.75) is 31.8 Å². The van der Waals surface area contributed by atoms with E-state index >= 15 is 0 Å². The zero-order valence-electron chi connectivity index (χ0n) is 13.6. The first-order valence-corrected chi connectivity index (χ1v) is 9.93. The van der Waals surface area contributed by atoms with Crippen molar-refractivity contribution in [2.75, 3.05) is 43.4 Å². The maximum absolute atomic E-state index is 12.2. The normalized spacial score (nSPS) is 22.4. The van der Waals surface area contributed by atoms with Crippen LogP contribution in [0.3, 0.4) is 0 Å². The molecule has 0 N–H and O–H groups in total. The van der Waals surface area contributed by atoms with E-state index in [0.717, 1.165) is 31.7 Å². The van der Waals surface area contributed by atoms with E-state index < -0.39 is 10.0 Å². The number of anilines is 1. The number of hydrogen-bond donors (Lipinski definition) is 0. The van der Waals surface area contributed by atoms with E-state index in [9.17, 15) is 8.42 Å². The molecule has 2 saturated heterocycles. The van der Waals surface area contributed by atoms with Crippen LogP contribution >= 0.6 is 0 Å². The number of sulfonamides is 1. The lowest BCUT2D eigenvalue weighted by atomic mass is 9.90. The molecule has 1 spiro atoms. The number of pyridine rings is 1. The topological polar surface area (TPSA) is 62.7 Å². The predicted octanol–water partition coefficient (Wildman–Crippen LogP) is 1.49. The number of hydrogen-bond acceptors (Lipinski definition) is 5. The fraction of sp³-hybridized carbons (Fsp3) is 0.688. The highest BCUT2D eigenvalue weighted by molar-refractivity contribution is 7.89. The molecule has 0 aliphatic carbocycles. The first-order chi connectivity index (χ1) is 11.0. The van der Waals surface area contributed by atoms with E-state index in [1.54, 1.807) is 10.5 Å². The van der Waals surface area contributed by atoms with Crippen molar-refractivity contribution in [1.29, 1.82) is 0 Å². The molecule has 0 saturated carbocycles. The number of nitrogens with zero attached hydrogens (tertiary/aromatic N) is 3. The molecule has 2 aliphatic heterocycles. The van der Waals surface area contributed by atoms with Gasteiger partial charge in [-0.05, 0) is 31.4 Å². The molecule has 23 heavy (non-hydrogen) atoms. The Kier molecular flexibility index (Phi) is 4.89. The second-order valence-electron chi connectivity index (χ2n) is 6.36. The van der Waals surface area contributed by atoms with Gasteiger partial charge in [0.25, 0.3) is 0 Å². The van der Waals surface area contributed by atoms with Gasteiger partial charge in [-0.1, -0.05) is 13.0 Å². The molecule has 0 amide bonds. The standard InChI is InChI=1S/C16H25N3O3S/c1-2-13-23(20,21)19-9-6-16(7-10-19)14-18(11-12-22-16)15-5-3-4-8-17-15/h3-5,8H,2,6-7,9-14H2,1H3. The van der Waals surface area contributed by atoms with Crippen LogP contribution in [0.25, 0.3) is 0 Å². The summed E-state index contributed by atoms with van der Waals surface area (Å²) in [6.07, 6.45) is 3.96. The zero-order valence-corrected chi connectivity index (χ0v) is 14.5. The van der Waals surface area contributed by atoms with Gasteiger partial charge in [0.2, 0.25) is 10.0 Å². The second kappa shape index (κ2) is 6.75. The number of morpholine rings is 1. The highest BCUT2D eigenvalue weighted by atomic mass is 32.2. The molecular formula is C16H25N3O3S. The highest BCUT2D eigenvalue weighted by Crippen LogP contribution is 2.32. The average molecular weight is 339 g/mol. The van der Waals surface area contributed by atoms with Gasteiger partial charge in [-0.15, -0.1) is 0 Å². The fourth-order valence-electron chi connectivity index (χ4n) is 3.44. The zero-order chi connectivity index (χ0) is 16.3. The Morgan fingerprint density at radius 3 is 2.70 bits per heavy atom. The van der Waals surface area contributed by atoms with Gasteiger partial charge in [-0.25, -0.2) is 17.7 Å². The van der Waals surface area contributed by atoms with Crippen molar-refractivity contribution in [2.24, 2.45) is 0 Å². The van der Waals surface area contributed by atoms with Gasteiger partial charge in [0.1, 0.15) is 5.82 Å². The molecule has 1 aromatic rings. The molecule has 1 aromatic heterocycles. The van der Waals surface area contributed by atoms with E-state index in [4.69, 9.17) is 4.74 Å². The molecule has 2 fully saturated rings. The van der Waals surface area contributed by atoms with E-state index in [1.165, 1.54) is 0 Å². The van der Waals surface area contributed by atoms with Crippen molar-refractivity contribution in [1.82, 2.24) is 9.29 Å². The van der Waals surface area contributed by atoms with Crippen LogP contribution in [-0.2, 0) is 14.8 Å². The second-order valence-corrected chi connectivity index (χ2v) is 8.44. The van der Waals surface area contributed by atoms with Gasteiger partial charge in [0.05, 0.1) is 18.0 Å². The van der Waals surface area contributed by atoms with Gasteiger partial charge in [-0.2, -0.15) is 0 Å². The van der Waals surface area contributed by atoms with Gasteiger partial charge in [0.15, 0.2) is 0 Å². The lowest BCUT2D eigenvalue weighted by molar-refractivity contribution is -0.0827. The number of ether oxygens (including phenoxy) is 1. The Balaban J connectivity index is 1.65. The summed E-state index contributed by atoms with van der Waals surface area (Å²) < 4.78 is 32.1. The summed E-state index contributed by atoms with van der Waals surface area (Å²) in [6, 6.07) is 5.92. The molecule has 6 nitrogen and oxygen atoms in total. The summed E-state index contributed by atoms with van der Waals surface area (Å²) in [5, 5.41) is 0. The minimum absolute atomic E-state index is 0.237. The monoisotopic (exact) mass is 339 g/mol. The Bertz CT molecular complexity index is 613. The molecule has 3 heterocycles. The molecule has 128 valence electrons. The molecule has 0 bridgehead atoms. The van der Waals surface area contributed by atoms with E-state index in [1.807, 2.05) is 25.1 Å². The van der Waals surface area contributed by atoms with Gasteiger partial charge < -0.3 is 9.64 Å². The van der Waals surface area contributed by atoms with E-state index in [-0.39, 0.29) is 11.4 Å². The predicted molar refractivity (Wildman–Crippen MR) is 90.0 cm³/mol. The lowest BCUT2D eigenvalue weighted by Crippen LogP contribution is -2.57. The third-order valence-electron chi connectivity index (χ3n) is 4.71. The van der Waals surface area contributed by atoms with Crippen molar-refractivity contribution in [3.63, 3.8) is 0 Å². The maximum atomic E-state index is 12.2. The molecule has 0 atom stereocenters. The van der Waals surface area contributed by atoms with Crippen LogP contribution in [0.1, 0.15) is 26.2 Å². The largest absolute Gasteiger partial charge is 0.371 e. The lowest BCUT2D eigenvalue weighted by Gasteiger charge is -2.47. The first-order valence-electron chi connectivity index (χ1n) is 8.32. The summed E-state index contributed by atoms with van der Waals surface area (Å²) in [7, 11) is -3.10. The van der Waals surface area contributed by atoms with Gasteiger partial charge >= 0.3 is 0 Å². The summed E-state index contributed by atoms with van der Waals surface area (Å²) in [5.41, 5.74) is -0.242. The molecule has 0 unspecified atom stereocenters. The summed E-state index contributed by atoms with van der Waals surface area (Å²) in [6.45, 7) is 5.29. The number of aromatic nitrogens is 1. The highest BCUT2D eigenvalue weighted by Gasteiger charge is 2.42. The van der Waals surface area contributed by atoms with Crippen LogP contribution in [0.5, 0.6) is 0 Å². The van der Waals surface area contributed by atoms with Crippen molar-refractivity contribution < 1.29 is 13.2 Å². The van der Waals surface area contributed by atoms with E-state index in [0.29, 0.717) is 26.1 Å². The van der Waals surface area contributed by atoms with Gasteiger partial charge in [0, 0.05) is 32.4 Å². The molecular weight excluding hydrogens is 314 g/mol. The van der Waals surface area contributed by atoms with Crippen LogP contribution in [0.4, 0.5) is 5.82 Å². The minimum Gasteiger partial charge on any atom is -0.371 e. The summed E-state index contributed by atoms with van der Waals surface area (Å²) >= 11 is 0. The maximum Gasteiger partial charge on any atom is 0.214 e. The van der Waals surface area contributed by atoms with Crippen LogP contribution in [0.2, 0.25) is 0 Å². The number of rotatable bonds is 4. The van der Waals surface area contributed by atoms with E-state index in [2.05, 4.69) is 9.88 Å². The third-order valence-corrected chi connectivity index (χ3v) is 6.79. The Morgan fingerprint density at radius 2 is 2.04 bits per heavy atom. The molecule has 0 radical (unpaired) electrons. The first kappa shape index (κ1) is 16.7. The number of piperidine rings is 1.